The Bertz CT molecular complexity index is 1130. The molecule has 1 amide bonds. The number of alkyl carbamates (subject to hydrolysis) is 1. The summed E-state index contributed by atoms with van der Waals surface area (Å²) in [5.41, 5.74) is 1.12. The highest BCUT2D eigenvalue weighted by molar-refractivity contribution is 5.82. The SMILES string of the molecule is COC(=O)NC(C(=O)OC)C(Cc1c(C)nc2n(C)c3nc[nH]c3c(=O)n12)OO. The quantitative estimate of drug-likeness (QED) is 0.278. The average molecular weight is 408 g/mol. The molecule has 0 aromatic carbocycles. The maximum Gasteiger partial charge on any atom is 0.407 e. The second-order valence-corrected chi connectivity index (χ2v) is 6.23. The van der Waals surface area contributed by atoms with Crippen molar-refractivity contribution in [3.63, 3.8) is 0 Å². The van der Waals surface area contributed by atoms with Crippen LogP contribution in [0.25, 0.3) is 16.9 Å². The molecule has 3 heterocycles. The number of fused-ring (bicyclic) bond motifs is 2. The number of hydrogen-bond donors (Lipinski definition) is 3. The molecule has 0 saturated carbocycles. The molecule has 0 radical (unpaired) electrons. The van der Waals surface area contributed by atoms with Gasteiger partial charge in [0.15, 0.2) is 11.7 Å². The van der Waals surface area contributed by atoms with Crippen molar-refractivity contribution >= 4 is 29.0 Å². The minimum Gasteiger partial charge on any atom is -0.467 e. The first kappa shape index (κ1) is 20.3. The Hall–Kier alpha value is -3.45. The van der Waals surface area contributed by atoms with Gasteiger partial charge >= 0.3 is 12.1 Å². The predicted molar refractivity (Wildman–Crippen MR) is 97.4 cm³/mol. The summed E-state index contributed by atoms with van der Waals surface area (Å²) in [5.74, 6) is -0.556. The molecule has 0 bridgehead atoms. The number of amides is 1. The molecule has 0 spiro atoms. The Morgan fingerprint density at radius 1 is 1.34 bits per heavy atom. The van der Waals surface area contributed by atoms with Gasteiger partial charge < -0.3 is 19.8 Å². The summed E-state index contributed by atoms with van der Waals surface area (Å²) in [6.07, 6.45) is -0.970. The lowest BCUT2D eigenvalue weighted by molar-refractivity contribution is -0.283. The van der Waals surface area contributed by atoms with Crippen molar-refractivity contribution in [2.24, 2.45) is 7.05 Å². The van der Waals surface area contributed by atoms with E-state index in [1.807, 2.05) is 0 Å². The van der Waals surface area contributed by atoms with E-state index in [9.17, 15) is 19.6 Å². The highest BCUT2D eigenvalue weighted by Crippen LogP contribution is 2.17. The summed E-state index contributed by atoms with van der Waals surface area (Å²) in [6, 6.07) is -1.40. The molecule has 3 aromatic heterocycles. The number of rotatable bonds is 6. The van der Waals surface area contributed by atoms with E-state index >= 15 is 0 Å². The van der Waals surface area contributed by atoms with Crippen LogP contribution in [0.2, 0.25) is 0 Å². The summed E-state index contributed by atoms with van der Waals surface area (Å²) in [6.45, 7) is 1.67. The van der Waals surface area contributed by atoms with Crippen LogP contribution in [0.4, 0.5) is 4.79 Å². The Morgan fingerprint density at radius 3 is 2.69 bits per heavy atom. The molecule has 3 rings (SSSR count). The molecule has 3 aromatic rings. The van der Waals surface area contributed by atoms with E-state index < -0.39 is 29.8 Å². The number of methoxy groups -OCH3 is 2. The smallest absolute Gasteiger partial charge is 0.407 e. The van der Waals surface area contributed by atoms with Crippen LogP contribution in [0.15, 0.2) is 11.1 Å². The number of carbonyl (C=O) groups is 2. The molecule has 0 aliphatic rings. The molecular weight excluding hydrogens is 388 g/mol. The maximum absolute atomic E-state index is 12.9. The summed E-state index contributed by atoms with van der Waals surface area (Å²) in [4.78, 5) is 52.4. The second-order valence-electron chi connectivity index (χ2n) is 6.23. The van der Waals surface area contributed by atoms with Crippen molar-refractivity contribution in [1.82, 2.24) is 29.2 Å². The minimum atomic E-state index is -1.40. The van der Waals surface area contributed by atoms with E-state index in [1.54, 1.807) is 18.5 Å². The Morgan fingerprint density at radius 2 is 2.07 bits per heavy atom. The average Bonchev–Trinajstić information content (AvgIpc) is 3.33. The normalized spacial score (nSPS) is 13.4. The van der Waals surface area contributed by atoms with Crippen LogP contribution in [-0.2, 0) is 32.6 Å². The van der Waals surface area contributed by atoms with Gasteiger partial charge in [-0.3, -0.25) is 14.6 Å². The predicted octanol–water partition coefficient (Wildman–Crippen LogP) is -0.484. The standard InChI is InChI=1S/C16H20N6O7/c1-7-8(5-9(29-26)10(14(24)27-3)20-16(25)28-4)22-13(23)11-12(18-6-17-11)21(2)15(22)19-7/h6,9-10,26H,5H2,1-4H3,(H,17,18)(H,20,25). The topological polar surface area (TPSA) is 162 Å². The number of imidazole rings is 2. The fraction of sp³-hybridized carbons (Fsp3) is 0.438. The van der Waals surface area contributed by atoms with Gasteiger partial charge in [-0.25, -0.2) is 28.8 Å². The molecule has 13 nitrogen and oxygen atoms in total. The second kappa shape index (κ2) is 7.89. The minimum absolute atomic E-state index is 0.151. The lowest BCUT2D eigenvalue weighted by atomic mass is 10.0. The Balaban J connectivity index is 2.10. The molecular formula is C16H20N6O7. The lowest BCUT2D eigenvalue weighted by Crippen LogP contribution is -2.51. The van der Waals surface area contributed by atoms with Gasteiger partial charge in [0.2, 0.25) is 5.78 Å². The van der Waals surface area contributed by atoms with Gasteiger partial charge in [0.25, 0.3) is 5.56 Å². The van der Waals surface area contributed by atoms with Crippen LogP contribution in [-0.4, -0.2) is 67.6 Å². The van der Waals surface area contributed by atoms with Crippen LogP contribution in [0.3, 0.4) is 0 Å². The largest absolute Gasteiger partial charge is 0.467 e. The highest BCUT2D eigenvalue weighted by atomic mass is 17.1. The molecule has 0 aliphatic heterocycles. The van der Waals surface area contributed by atoms with Gasteiger partial charge in [0.1, 0.15) is 11.6 Å². The molecule has 29 heavy (non-hydrogen) atoms. The monoisotopic (exact) mass is 408 g/mol. The van der Waals surface area contributed by atoms with Gasteiger partial charge in [0.05, 0.1) is 31.9 Å². The first-order valence-corrected chi connectivity index (χ1v) is 8.46. The third-order valence-corrected chi connectivity index (χ3v) is 4.62. The van der Waals surface area contributed by atoms with E-state index in [0.29, 0.717) is 22.8 Å². The summed E-state index contributed by atoms with van der Waals surface area (Å²) >= 11 is 0. The van der Waals surface area contributed by atoms with Crippen LogP contribution < -0.4 is 10.9 Å². The van der Waals surface area contributed by atoms with Crippen molar-refractivity contribution in [2.45, 2.75) is 25.5 Å². The number of H-pyrrole nitrogens is 1. The number of hydrogen-bond acceptors (Lipinski definition) is 9. The first-order valence-electron chi connectivity index (χ1n) is 8.46. The summed E-state index contributed by atoms with van der Waals surface area (Å²) in [5, 5.41) is 11.7. The van der Waals surface area contributed by atoms with Crippen molar-refractivity contribution < 1.29 is 29.2 Å². The fourth-order valence-electron chi connectivity index (χ4n) is 3.15. The number of aryl methyl sites for hydroxylation is 2. The molecule has 2 unspecified atom stereocenters. The van der Waals surface area contributed by atoms with Gasteiger partial charge in [-0.05, 0) is 6.92 Å². The first-order chi connectivity index (χ1) is 13.8. The number of nitrogens with one attached hydrogen (secondary N) is 2. The number of ether oxygens (including phenoxy) is 2. The fourth-order valence-corrected chi connectivity index (χ4v) is 3.15. The highest BCUT2D eigenvalue weighted by Gasteiger charge is 2.34. The number of esters is 1. The zero-order valence-electron chi connectivity index (χ0n) is 16.1. The van der Waals surface area contributed by atoms with Crippen molar-refractivity contribution in [1.29, 1.82) is 0 Å². The molecule has 0 fully saturated rings. The van der Waals surface area contributed by atoms with Crippen LogP contribution in [0.5, 0.6) is 0 Å². The van der Waals surface area contributed by atoms with Gasteiger partial charge in [0, 0.05) is 13.5 Å². The third-order valence-electron chi connectivity index (χ3n) is 4.62. The van der Waals surface area contributed by atoms with E-state index in [-0.39, 0.29) is 11.9 Å². The molecule has 13 heteroatoms. The van der Waals surface area contributed by atoms with Crippen LogP contribution >= 0.6 is 0 Å². The number of carbonyl (C=O) groups excluding carboxylic acids is 2. The molecule has 156 valence electrons. The van der Waals surface area contributed by atoms with Crippen LogP contribution in [0.1, 0.15) is 11.4 Å². The van der Waals surface area contributed by atoms with Gasteiger partial charge in [-0.1, -0.05) is 0 Å². The van der Waals surface area contributed by atoms with E-state index in [1.165, 1.54) is 10.7 Å². The molecule has 2 atom stereocenters. The third kappa shape index (κ3) is 3.40. The van der Waals surface area contributed by atoms with Crippen molar-refractivity contribution in [2.75, 3.05) is 14.2 Å². The molecule has 0 saturated heterocycles. The zero-order valence-corrected chi connectivity index (χ0v) is 16.1. The van der Waals surface area contributed by atoms with E-state index in [0.717, 1.165) is 14.2 Å². The van der Waals surface area contributed by atoms with Gasteiger partial charge in [-0.2, -0.15) is 0 Å². The van der Waals surface area contributed by atoms with Crippen molar-refractivity contribution in [3.8, 4) is 0 Å². The number of nitrogens with zero attached hydrogens (tertiary/aromatic N) is 4. The lowest BCUT2D eigenvalue weighted by Gasteiger charge is -2.23. The Labute approximate surface area is 163 Å². The number of aromatic nitrogens is 5. The zero-order chi connectivity index (χ0) is 21.3. The van der Waals surface area contributed by atoms with Gasteiger partial charge in [-0.15, -0.1) is 0 Å². The van der Waals surface area contributed by atoms with Crippen LogP contribution in [0, 0.1) is 6.92 Å². The summed E-state index contributed by atoms with van der Waals surface area (Å²) < 4.78 is 12.1. The molecule has 0 aliphatic carbocycles. The van der Waals surface area contributed by atoms with E-state index in [4.69, 9.17) is 0 Å². The van der Waals surface area contributed by atoms with Crippen molar-refractivity contribution in [3.05, 3.63) is 28.1 Å². The Kier molecular flexibility index (Phi) is 5.52. The summed E-state index contributed by atoms with van der Waals surface area (Å²) in [7, 11) is 3.93. The van der Waals surface area contributed by atoms with E-state index in [2.05, 4.69) is 34.6 Å². The molecule has 3 N–H and O–H groups in total. The number of aromatic amines is 1. The maximum atomic E-state index is 12.9.